The summed E-state index contributed by atoms with van der Waals surface area (Å²) in [6.45, 7) is 15.0. The van der Waals surface area contributed by atoms with Crippen LogP contribution < -0.4 is 0 Å². The van der Waals surface area contributed by atoms with Crippen LogP contribution in [0.15, 0.2) is 121 Å². The van der Waals surface area contributed by atoms with Gasteiger partial charge in [0.2, 0.25) is 0 Å². The quantitative estimate of drug-likeness (QED) is 0.0799. The van der Waals surface area contributed by atoms with E-state index in [1.165, 1.54) is 48.6 Å². The van der Waals surface area contributed by atoms with Crippen molar-refractivity contribution in [3.05, 3.63) is 132 Å². The summed E-state index contributed by atoms with van der Waals surface area (Å²) in [5.41, 5.74) is 7.00. The summed E-state index contributed by atoms with van der Waals surface area (Å²) >= 11 is 1.88. The van der Waals surface area contributed by atoms with Gasteiger partial charge in [0.25, 0.3) is 0 Å². The van der Waals surface area contributed by atoms with Gasteiger partial charge in [0.15, 0.2) is 5.78 Å². The molecule has 0 amide bonds. The maximum Gasteiger partial charge on any atom is 0.162 e. The number of carbonyl (C=O) groups is 1. The van der Waals surface area contributed by atoms with Gasteiger partial charge in [0.05, 0.1) is 5.76 Å². The van der Waals surface area contributed by atoms with Crippen LogP contribution in [0.2, 0.25) is 0 Å². The maximum atomic E-state index is 11.7. The molecule has 1 radical (unpaired) electrons. The largest absolute Gasteiger partial charge is 0.512 e. The van der Waals surface area contributed by atoms with Crippen molar-refractivity contribution in [2.24, 2.45) is 17.3 Å². The summed E-state index contributed by atoms with van der Waals surface area (Å²) < 4.78 is 2.40. The minimum Gasteiger partial charge on any atom is -0.512 e. The van der Waals surface area contributed by atoms with Crippen molar-refractivity contribution in [2.45, 2.75) is 80.6 Å². The first-order valence-corrected chi connectivity index (χ1v) is 20.3. The molecule has 0 aliphatic heterocycles. The molecular formula is C49H53IrN2O2S-. The molecule has 7 rings (SSSR count). The Bertz CT molecular complexity index is 2390. The van der Waals surface area contributed by atoms with E-state index in [1.807, 2.05) is 45.2 Å². The Labute approximate surface area is 344 Å². The topological polar surface area (TPSA) is 55.1 Å². The molecule has 3 heterocycles. The summed E-state index contributed by atoms with van der Waals surface area (Å²) in [4.78, 5) is 19.3. The molecule has 0 spiro atoms. The first-order chi connectivity index (χ1) is 26.1. The number of aliphatic hydroxyl groups is 1. The van der Waals surface area contributed by atoms with E-state index in [0.717, 1.165) is 54.4 Å². The molecule has 0 saturated carbocycles. The molecule has 0 atom stereocenters. The van der Waals surface area contributed by atoms with Crippen molar-refractivity contribution < 1.29 is 30.0 Å². The van der Waals surface area contributed by atoms with Gasteiger partial charge in [-0.2, -0.15) is 0 Å². The second kappa shape index (κ2) is 18.5. The van der Waals surface area contributed by atoms with Crippen LogP contribution in [0.25, 0.3) is 60.0 Å². The number of benzene rings is 4. The van der Waals surface area contributed by atoms with Gasteiger partial charge < -0.3 is 9.67 Å². The zero-order chi connectivity index (χ0) is 38.4. The van der Waals surface area contributed by atoms with Crippen LogP contribution in [0.5, 0.6) is 0 Å². The standard InChI is InChI=1S/C36H29N2S.C13H24O2.Ir/c1-36(2,3)23-27-17-18-33(39-27)25-19-20-37-31(22-25)30-21-24-11-7-8-14-28(24)35-34(30)29-15-9-10-16-32(29)38(35)26-12-5-4-6-13-26;1-5-10(6-2)12(14)9-13(15)11(7-3)8-4;/h4-20,22H,23H2,1-3H3;9-11,14H,5-8H2,1-4H3;/q-1;;/b;12-9-;. The number of ketones is 1. The Morgan fingerprint density at radius 1 is 0.818 bits per heavy atom. The molecule has 287 valence electrons. The van der Waals surface area contributed by atoms with Crippen LogP contribution in [0.4, 0.5) is 0 Å². The molecule has 4 aromatic carbocycles. The molecule has 0 aliphatic rings. The van der Waals surface area contributed by atoms with Crippen LogP contribution in [0.3, 0.4) is 0 Å². The zero-order valence-electron chi connectivity index (χ0n) is 33.2. The molecule has 6 heteroatoms. The molecular weight excluding hydrogens is 873 g/mol. The summed E-state index contributed by atoms with van der Waals surface area (Å²) in [7, 11) is 0. The second-order valence-corrected chi connectivity index (χ2v) is 16.6. The fourth-order valence-corrected chi connectivity index (χ4v) is 8.74. The van der Waals surface area contributed by atoms with Gasteiger partial charge in [-0.25, -0.2) is 0 Å². The molecule has 0 bridgehead atoms. The Hall–Kier alpha value is -4.35. The van der Waals surface area contributed by atoms with Gasteiger partial charge in [0, 0.05) is 70.9 Å². The number of hydrogen-bond donors (Lipinski definition) is 1. The number of pyridine rings is 1. The van der Waals surface area contributed by atoms with E-state index in [1.54, 1.807) is 0 Å². The molecule has 0 fully saturated rings. The van der Waals surface area contributed by atoms with E-state index in [-0.39, 0.29) is 48.9 Å². The number of hydrogen-bond acceptors (Lipinski definition) is 4. The Kier molecular flexibility index (Phi) is 14.1. The van der Waals surface area contributed by atoms with E-state index >= 15 is 0 Å². The molecule has 3 aromatic heterocycles. The van der Waals surface area contributed by atoms with Crippen molar-refractivity contribution in [1.29, 1.82) is 0 Å². The number of thiophene rings is 1. The fraction of sp³-hybridized carbons (Fsp3) is 0.306. The van der Waals surface area contributed by atoms with Crippen molar-refractivity contribution in [3.63, 3.8) is 0 Å². The van der Waals surface area contributed by atoms with Crippen molar-refractivity contribution >= 4 is 49.7 Å². The minimum atomic E-state index is 0. The van der Waals surface area contributed by atoms with Gasteiger partial charge in [-0.1, -0.05) is 125 Å². The third-order valence-corrected chi connectivity index (χ3v) is 11.5. The number of allylic oxidation sites excluding steroid dienone is 2. The molecule has 55 heavy (non-hydrogen) atoms. The maximum absolute atomic E-state index is 11.7. The number of fused-ring (bicyclic) bond motifs is 5. The van der Waals surface area contributed by atoms with E-state index in [2.05, 4.69) is 135 Å². The molecule has 0 unspecified atom stereocenters. The van der Waals surface area contributed by atoms with Crippen LogP contribution >= 0.6 is 11.3 Å². The van der Waals surface area contributed by atoms with E-state index in [9.17, 15) is 9.90 Å². The average Bonchev–Trinajstić information content (AvgIpc) is 3.78. The van der Waals surface area contributed by atoms with Gasteiger partial charge >= 0.3 is 0 Å². The Morgan fingerprint density at radius 3 is 2.13 bits per heavy atom. The zero-order valence-corrected chi connectivity index (χ0v) is 36.4. The summed E-state index contributed by atoms with van der Waals surface area (Å²) in [5, 5.41) is 14.4. The molecule has 1 N–H and O–H groups in total. The van der Waals surface area contributed by atoms with E-state index in [0.29, 0.717) is 0 Å². The van der Waals surface area contributed by atoms with Gasteiger partial charge in [-0.15, -0.1) is 28.9 Å². The SMILES string of the molecule is CC(C)(C)Cc1ccc(-c2ccnc(-c3[c-]c4ccccc4c4c3c3ccccc3n4-c3ccccc3)c2)s1.CCC(CC)C(=O)/C=C(\O)C(CC)CC.[Ir]. The van der Waals surface area contributed by atoms with Crippen LogP contribution in [0, 0.1) is 23.3 Å². The van der Waals surface area contributed by atoms with Crippen molar-refractivity contribution in [1.82, 2.24) is 9.55 Å². The van der Waals surface area contributed by atoms with Crippen LogP contribution in [-0.2, 0) is 31.3 Å². The monoisotopic (exact) mass is 926 g/mol. The fourth-order valence-electron chi connectivity index (χ4n) is 7.43. The molecule has 4 nitrogen and oxygen atoms in total. The first kappa shape index (κ1) is 41.8. The Balaban J connectivity index is 0.000000311. The molecule has 0 saturated heterocycles. The van der Waals surface area contributed by atoms with E-state index in [4.69, 9.17) is 4.98 Å². The molecule has 0 aliphatic carbocycles. The van der Waals surface area contributed by atoms with Gasteiger partial charge in [0.1, 0.15) is 0 Å². The van der Waals surface area contributed by atoms with Crippen molar-refractivity contribution in [3.8, 4) is 27.4 Å². The van der Waals surface area contributed by atoms with Gasteiger partial charge in [-0.05, 0) is 90.4 Å². The number of aromatic nitrogens is 2. The third kappa shape index (κ3) is 9.38. The number of para-hydroxylation sites is 2. The van der Waals surface area contributed by atoms with Crippen LogP contribution in [-0.4, -0.2) is 20.4 Å². The smallest absolute Gasteiger partial charge is 0.162 e. The normalized spacial score (nSPS) is 12.0. The molecule has 7 aromatic rings. The van der Waals surface area contributed by atoms with Crippen molar-refractivity contribution in [2.75, 3.05) is 0 Å². The predicted octanol–water partition coefficient (Wildman–Crippen LogP) is 14.0. The second-order valence-electron chi connectivity index (χ2n) is 15.4. The summed E-state index contributed by atoms with van der Waals surface area (Å²) in [6.07, 6.45) is 7.93. The first-order valence-electron chi connectivity index (χ1n) is 19.5. The van der Waals surface area contributed by atoms with Crippen LogP contribution in [0.1, 0.15) is 79.0 Å². The van der Waals surface area contributed by atoms with Gasteiger partial charge in [-0.3, -0.25) is 9.78 Å². The summed E-state index contributed by atoms with van der Waals surface area (Å²) in [6, 6.07) is 40.6. The predicted molar refractivity (Wildman–Crippen MR) is 231 cm³/mol. The Morgan fingerprint density at radius 2 is 1.45 bits per heavy atom. The number of rotatable bonds is 11. The number of aliphatic hydroxyl groups excluding tert-OH is 1. The third-order valence-electron chi connectivity index (χ3n) is 10.3. The minimum absolute atomic E-state index is 0. The van der Waals surface area contributed by atoms with E-state index < -0.39 is 0 Å². The average molecular weight is 926 g/mol. The number of nitrogens with zero attached hydrogens (tertiary/aromatic N) is 2. The summed E-state index contributed by atoms with van der Waals surface area (Å²) in [5.74, 6) is 0.547. The number of carbonyl (C=O) groups excluding carboxylic acids is 1.